The van der Waals surface area contributed by atoms with Gasteiger partial charge in [-0.2, -0.15) is 5.26 Å². The third-order valence-electron chi connectivity index (χ3n) is 2.18. The minimum Gasteiger partial charge on any atom is -0.355 e. The van der Waals surface area contributed by atoms with Gasteiger partial charge in [0.15, 0.2) is 6.23 Å². The number of likely N-dealkylation sites (tertiary alicyclic amines) is 1. The summed E-state index contributed by atoms with van der Waals surface area (Å²) in [5, 5.41) is 8.80. The molecule has 0 radical (unpaired) electrons. The average Bonchev–Trinajstić information content (AvgIpc) is 2.15. The molecule has 0 N–H and O–H groups in total. The van der Waals surface area contributed by atoms with E-state index in [-0.39, 0.29) is 11.9 Å². The van der Waals surface area contributed by atoms with Crippen LogP contribution in [0, 0.1) is 11.3 Å². The van der Waals surface area contributed by atoms with Crippen LogP contribution < -0.4 is 0 Å². The normalized spacial score (nSPS) is 31.6. The van der Waals surface area contributed by atoms with Crippen LogP contribution in [-0.2, 0) is 9.53 Å². The van der Waals surface area contributed by atoms with Gasteiger partial charge in [0.25, 0.3) is 10.8 Å². The van der Waals surface area contributed by atoms with Crippen LogP contribution in [-0.4, -0.2) is 34.6 Å². The van der Waals surface area contributed by atoms with E-state index in [1.54, 1.807) is 13.0 Å². The highest BCUT2D eigenvalue weighted by molar-refractivity contribution is 6.40. The summed E-state index contributed by atoms with van der Waals surface area (Å²) in [7, 11) is 0. The van der Waals surface area contributed by atoms with E-state index in [1.807, 2.05) is 13.8 Å². The molecule has 0 aliphatic carbocycles. The molecule has 1 heterocycles. The molecular formula is C9H13ClN2O2. The molecule has 0 aromatic carbocycles. The molecule has 5 heteroatoms. The molecule has 14 heavy (non-hydrogen) atoms. The number of halogens is 1. The van der Waals surface area contributed by atoms with Crippen LogP contribution in [0.25, 0.3) is 0 Å². The van der Waals surface area contributed by atoms with Gasteiger partial charge in [-0.1, -0.05) is 11.6 Å². The highest BCUT2D eigenvalue weighted by atomic mass is 35.5. The molecule has 0 saturated carbocycles. The van der Waals surface area contributed by atoms with Crippen LogP contribution in [0.15, 0.2) is 0 Å². The van der Waals surface area contributed by atoms with Gasteiger partial charge in [-0.3, -0.25) is 4.79 Å². The first-order chi connectivity index (χ1) is 6.49. The van der Waals surface area contributed by atoms with Crippen LogP contribution in [0.1, 0.15) is 20.8 Å². The number of nitriles is 1. The Balaban J connectivity index is 2.86. The zero-order valence-corrected chi connectivity index (χ0v) is 9.21. The van der Waals surface area contributed by atoms with Crippen molar-refractivity contribution in [3.63, 3.8) is 0 Å². The van der Waals surface area contributed by atoms with Crippen molar-refractivity contribution >= 4 is 17.5 Å². The largest absolute Gasteiger partial charge is 0.355 e. The van der Waals surface area contributed by atoms with E-state index in [0.29, 0.717) is 6.61 Å². The summed E-state index contributed by atoms with van der Waals surface area (Å²) in [6, 6.07) is 1.80. The minimum absolute atomic E-state index is 0.000671. The molecule has 0 aromatic heterocycles. The van der Waals surface area contributed by atoms with Crippen LogP contribution in [0.4, 0.5) is 0 Å². The quantitative estimate of drug-likeness (QED) is 0.525. The summed E-state index contributed by atoms with van der Waals surface area (Å²) < 4.78 is 5.28. The fourth-order valence-electron chi connectivity index (χ4n) is 1.49. The Morgan fingerprint density at radius 1 is 1.79 bits per heavy atom. The standard InChI is InChI=1S/C9H13ClN2O2/c1-4-14-8-9(10,5-11)7(13)12(8)6(2)3/h6,8H,4H2,1-3H3/t8-,9+/m1/s1. The molecule has 1 rings (SSSR count). The van der Waals surface area contributed by atoms with Crippen molar-refractivity contribution in [2.45, 2.75) is 37.9 Å². The maximum atomic E-state index is 11.5. The lowest BCUT2D eigenvalue weighted by Gasteiger charge is -2.50. The average molecular weight is 217 g/mol. The van der Waals surface area contributed by atoms with Gasteiger partial charge in [0, 0.05) is 12.6 Å². The smallest absolute Gasteiger partial charge is 0.265 e. The third kappa shape index (κ3) is 1.37. The van der Waals surface area contributed by atoms with Gasteiger partial charge in [-0.15, -0.1) is 0 Å². The van der Waals surface area contributed by atoms with Crippen LogP contribution in [0.2, 0.25) is 0 Å². The number of hydrogen-bond donors (Lipinski definition) is 0. The minimum atomic E-state index is -1.51. The van der Waals surface area contributed by atoms with E-state index in [2.05, 4.69) is 0 Å². The van der Waals surface area contributed by atoms with Crippen LogP contribution in [0.3, 0.4) is 0 Å². The van der Waals surface area contributed by atoms with E-state index in [4.69, 9.17) is 21.6 Å². The first kappa shape index (κ1) is 11.3. The maximum Gasteiger partial charge on any atom is 0.265 e. The molecule has 1 amide bonds. The van der Waals surface area contributed by atoms with Gasteiger partial charge < -0.3 is 9.64 Å². The SMILES string of the molecule is CCO[C@H]1N(C(C)C)C(=O)[C@@]1(Cl)C#N. The fraction of sp³-hybridized carbons (Fsp3) is 0.778. The molecule has 0 aromatic rings. The molecule has 0 spiro atoms. The molecule has 1 aliphatic rings. The number of carbonyl (C=O) groups is 1. The number of amides is 1. The van der Waals surface area contributed by atoms with Gasteiger partial charge in [-0.05, 0) is 20.8 Å². The summed E-state index contributed by atoms with van der Waals surface area (Å²) in [5.74, 6) is -0.366. The lowest BCUT2D eigenvalue weighted by Crippen LogP contribution is -2.73. The third-order valence-corrected chi connectivity index (χ3v) is 2.62. The van der Waals surface area contributed by atoms with E-state index in [0.717, 1.165) is 0 Å². The van der Waals surface area contributed by atoms with Crippen molar-refractivity contribution in [3.05, 3.63) is 0 Å². The van der Waals surface area contributed by atoms with Gasteiger partial charge in [0.05, 0.1) is 0 Å². The maximum absolute atomic E-state index is 11.5. The first-order valence-corrected chi connectivity index (χ1v) is 4.91. The molecule has 2 atom stereocenters. The topological polar surface area (TPSA) is 53.3 Å². The number of β-lactam (4-membered cyclic amide) rings is 1. The number of hydrogen-bond acceptors (Lipinski definition) is 3. The summed E-state index contributed by atoms with van der Waals surface area (Å²) in [4.78, 5) is 11.5. The van der Waals surface area contributed by atoms with E-state index < -0.39 is 11.1 Å². The van der Waals surface area contributed by atoms with Gasteiger partial charge >= 0.3 is 0 Å². The second kappa shape index (κ2) is 3.76. The Kier molecular flexibility index (Phi) is 3.03. The highest BCUT2D eigenvalue weighted by Crippen LogP contribution is 2.38. The second-order valence-electron chi connectivity index (χ2n) is 3.44. The molecule has 1 aliphatic heterocycles. The van der Waals surface area contributed by atoms with Crippen molar-refractivity contribution in [1.82, 2.24) is 4.90 Å². The summed E-state index contributed by atoms with van der Waals surface area (Å²) in [6.45, 7) is 5.95. The zero-order valence-electron chi connectivity index (χ0n) is 8.45. The highest BCUT2D eigenvalue weighted by Gasteiger charge is 2.62. The summed E-state index contributed by atoms with van der Waals surface area (Å²) in [5.41, 5.74) is 0. The number of nitrogens with zero attached hydrogens (tertiary/aromatic N) is 2. The molecule has 78 valence electrons. The number of alkyl halides is 1. The van der Waals surface area contributed by atoms with Crippen molar-refractivity contribution in [2.75, 3.05) is 6.61 Å². The number of rotatable bonds is 3. The predicted molar refractivity (Wildman–Crippen MR) is 51.6 cm³/mol. The Morgan fingerprint density at radius 2 is 2.36 bits per heavy atom. The van der Waals surface area contributed by atoms with Crippen molar-refractivity contribution in [3.8, 4) is 6.07 Å². The van der Waals surface area contributed by atoms with Crippen molar-refractivity contribution < 1.29 is 9.53 Å². The molecular weight excluding hydrogens is 204 g/mol. The van der Waals surface area contributed by atoms with E-state index in [1.165, 1.54) is 4.90 Å². The summed E-state index contributed by atoms with van der Waals surface area (Å²) in [6.07, 6.45) is -0.619. The monoisotopic (exact) mass is 216 g/mol. The summed E-state index contributed by atoms with van der Waals surface area (Å²) >= 11 is 5.85. The zero-order chi connectivity index (χ0) is 10.9. The van der Waals surface area contributed by atoms with E-state index >= 15 is 0 Å². The molecule has 1 saturated heterocycles. The van der Waals surface area contributed by atoms with Crippen molar-refractivity contribution in [2.24, 2.45) is 0 Å². The second-order valence-corrected chi connectivity index (χ2v) is 4.03. The van der Waals surface area contributed by atoms with Crippen molar-refractivity contribution in [1.29, 1.82) is 5.26 Å². The Morgan fingerprint density at radius 3 is 2.71 bits per heavy atom. The molecule has 0 bridgehead atoms. The van der Waals surface area contributed by atoms with Crippen LogP contribution >= 0.6 is 11.6 Å². The Hall–Kier alpha value is -0.790. The molecule has 4 nitrogen and oxygen atoms in total. The number of ether oxygens (including phenoxy) is 1. The molecule has 0 unspecified atom stereocenters. The van der Waals surface area contributed by atoms with Gasteiger partial charge in [0.2, 0.25) is 0 Å². The lowest BCUT2D eigenvalue weighted by molar-refractivity contribution is -0.185. The number of carbonyl (C=O) groups excluding carboxylic acids is 1. The lowest BCUT2D eigenvalue weighted by atomic mass is 9.94. The first-order valence-electron chi connectivity index (χ1n) is 4.53. The van der Waals surface area contributed by atoms with Gasteiger partial charge in [0.1, 0.15) is 6.07 Å². The van der Waals surface area contributed by atoms with Crippen LogP contribution in [0.5, 0.6) is 0 Å². The van der Waals surface area contributed by atoms with E-state index in [9.17, 15) is 4.79 Å². The fourth-order valence-corrected chi connectivity index (χ4v) is 1.75. The van der Waals surface area contributed by atoms with Gasteiger partial charge in [-0.25, -0.2) is 0 Å². The Bertz CT molecular complexity index is 287. The Labute approximate surface area is 88.4 Å². The predicted octanol–water partition coefficient (Wildman–Crippen LogP) is 1.10. The molecule has 1 fully saturated rings.